The van der Waals surface area contributed by atoms with Crippen molar-refractivity contribution in [3.05, 3.63) is 59.8 Å². The Bertz CT molecular complexity index is 769. The minimum atomic E-state index is 0.0642. The maximum absolute atomic E-state index is 6.44. The molecule has 2 aromatic carbocycles. The molecule has 106 valence electrons. The van der Waals surface area contributed by atoms with Gasteiger partial charge >= 0.3 is 0 Å². The molecule has 0 spiro atoms. The normalized spacial score (nSPS) is 11.0. The quantitative estimate of drug-likeness (QED) is 0.609. The molecule has 0 fully saturated rings. The summed E-state index contributed by atoms with van der Waals surface area (Å²) in [5, 5.41) is 1.45. The second-order valence-corrected chi connectivity index (χ2v) is 5.51. The van der Waals surface area contributed by atoms with Crippen LogP contribution >= 0.6 is 11.6 Å². The van der Waals surface area contributed by atoms with Crippen molar-refractivity contribution in [3.63, 3.8) is 0 Å². The van der Waals surface area contributed by atoms with E-state index in [9.17, 15) is 0 Å². The lowest BCUT2D eigenvalue weighted by atomic mass is 10.0. The predicted molar refractivity (Wildman–Crippen MR) is 88.0 cm³/mol. The molecular formula is C18H16ClNO. The van der Waals surface area contributed by atoms with Gasteiger partial charge in [-0.05, 0) is 31.5 Å². The van der Waals surface area contributed by atoms with E-state index in [2.05, 4.69) is 4.98 Å². The van der Waals surface area contributed by atoms with Gasteiger partial charge in [-0.25, -0.2) is 4.98 Å². The summed E-state index contributed by atoms with van der Waals surface area (Å²) >= 11 is 6.44. The van der Waals surface area contributed by atoms with Crippen molar-refractivity contribution in [2.75, 3.05) is 0 Å². The maximum Gasteiger partial charge on any atom is 0.141 e. The van der Waals surface area contributed by atoms with Crippen LogP contribution in [0.25, 0.3) is 22.0 Å². The molecule has 2 nitrogen and oxygen atoms in total. The van der Waals surface area contributed by atoms with Gasteiger partial charge in [-0.3, -0.25) is 0 Å². The average Bonchev–Trinajstić information content (AvgIpc) is 2.47. The number of para-hydroxylation sites is 1. The first-order chi connectivity index (χ1) is 10.2. The number of rotatable bonds is 3. The molecule has 3 rings (SSSR count). The van der Waals surface area contributed by atoms with E-state index in [0.717, 1.165) is 27.8 Å². The van der Waals surface area contributed by atoms with Crippen LogP contribution in [0.3, 0.4) is 0 Å². The average molecular weight is 298 g/mol. The molecule has 1 aromatic heterocycles. The second kappa shape index (κ2) is 5.74. The van der Waals surface area contributed by atoms with E-state index in [4.69, 9.17) is 16.3 Å². The third-order valence-electron chi connectivity index (χ3n) is 3.22. The molecule has 0 aliphatic rings. The number of hydrogen-bond donors (Lipinski definition) is 0. The summed E-state index contributed by atoms with van der Waals surface area (Å²) in [6.45, 7) is 4.02. The Morgan fingerprint density at radius 2 is 1.62 bits per heavy atom. The van der Waals surface area contributed by atoms with Crippen LogP contribution in [-0.2, 0) is 0 Å². The van der Waals surface area contributed by atoms with Crippen LogP contribution in [0.1, 0.15) is 13.8 Å². The summed E-state index contributed by atoms with van der Waals surface area (Å²) in [6.07, 6.45) is 0.0642. The Morgan fingerprint density at radius 3 is 2.33 bits per heavy atom. The topological polar surface area (TPSA) is 22.1 Å². The van der Waals surface area contributed by atoms with Gasteiger partial charge in [-0.2, -0.15) is 0 Å². The van der Waals surface area contributed by atoms with E-state index >= 15 is 0 Å². The summed E-state index contributed by atoms with van der Waals surface area (Å²) in [5.41, 5.74) is 2.71. The van der Waals surface area contributed by atoms with Crippen LogP contribution in [0.4, 0.5) is 0 Å². The van der Waals surface area contributed by atoms with E-state index in [1.807, 2.05) is 68.4 Å². The number of hydrogen-bond acceptors (Lipinski definition) is 2. The molecule has 3 aromatic rings. The van der Waals surface area contributed by atoms with Crippen molar-refractivity contribution >= 4 is 22.5 Å². The van der Waals surface area contributed by atoms with Crippen LogP contribution < -0.4 is 4.74 Å². The zero-order valence-electron chi connectivity index (χ0n) is 12.0. The molecule has 0 aliphatic heterocycles. The SMILES string of the molecule is CC(C)Oc1c(-c2ccccc2)c(Cl)nc2ccccc12. The number of ether oxygens (including phenoxy) is 1. The Labute approximate surface area is 129 Å². The van der Waals surface area contributed by atoms with Crippen LogP contribution in [0, 0.1) is 0 Å². The molecule has 0 atom stereocenters. The van der Waals surface area contributed by atoms with Gasteiger partial charge < -0.3 is 4.74 Å². The molecule has 0 saturated heterocycles. The van der Waals surface area contributed by atoms with Crippen LogP contribution in [0.15, 0.2) is 54.6 Å². The molecule has 1 heterocycles. The molecule has 0 saturated carbocycles. The minimum Gasteiger partial charge on any atom is -0.490 e. The first kappa shape index (κ1) is 13.9. The maximum atomic E-state index is 6.44. The molecular weight excluding hydrogens is 282 g/mol. The highest BCUT2D eigenvalue weighted by atomic mass is 35.5. The number of aromatic nitrogens is 1. The van der Waals surface area contributed by atoms with Crippen LogP contribution in [0.5, 0.6) is 5.75 Å². The summed E-state index contributed by atoms with van der Waals surface area (Å²) in [5.74, 6) is 0.798. The smallest absolute Gasteiger partial charge is 0.141 e. The Balaban J connectivity index is 2.34. The fourth-order valence-electron chi connectivity index (χ4n) is 2.37. The molecule has 0 radical (unpaired) electrons. The summed E-state index contributed by atoms with van der Waals surface area (Å²) in [7, 11) is 0. The highest BCUT2D eigenvalue weighted by Crippen LogP contribution is 2.40. The zero-order valence-corrected chi connectivity index (χ0v) is 12.8. The van der Waals surface area contributed by atoms with Crippen molar-refractivity contribution in [2.45, 2.75) is 20.0 Å². The zero-order chi connectivity index (χ0) is 14.8. The largest absolute Gasteiger partial charge is 0.490 e. The number of fused-ring (bicyclic) bond motifs is 1. The second-order valence-electron chi connectivity index (χ2n) is 5.16. The lowest BCUT2D eigenvalue weighted by molar-refractivity contribution is 0.246. The van der Waals surface area contributed by atoms with Gasteiger partial charge in [0.2, 0.25) is 0 Å². The lowest BCUT2D eigenvalue weighted by Crippen LogP contribution is -2.08. The van der Waals surface area contributed by atoms with Crippen molar-refractivity contribution in [2.24, 2.45) is 0 Å². The Hall–Kier alpha value is -2.06. The predicted octanol–water partition coefficient (Wildman–Crippen LogP) is 5.34. The monoisotopic (exact) mass is 297 g/mol. The third kappa shape index (κ3) is 2.72. The lowest BCUT2D eigenvalue weighted by Gasteiger charge is -2.18. The summed E-state index contributed by atoms with van der Waals surface area (Å²) in [4.78, 5) is 4.51. The molecule has 0 amide bonds. The highest BCUT2D eigenvalue weighted by Gasteiger charge is 2.17. The van der Waals surface area contributed by atoms with Gasteiger partial charge in [-0.15, -0.1) is 0 Å². The Morgan fingerprint density at radius 1 is 0.952 bits per heavy atom. The van der Waals surface area contributed by atoms with Crippen molar-refractivity contribution in [1.82, 2.24) is 4.98 Å². The van der Waals surface area contributed by atoms with Crippen molar-refractivity contribution in [3.8, 4) is 16.9 Å². The summed E-state index contributed by atoms with van der Waals surface area (Å²) in [6, 6.07) is 17.9. The van der Waals surface area contributed by atoms with Crippen molar-refractivity contribution in [1.29, 1.82) is 0 Å². The van der Waals surface area contributed by atoms with Gasteiger partial charge in [0.15, 0.2) is 0 Å². The molecule has 21 heavy (non-hydrogen) atoms. The number of benzene rings is 2. The van der Waals surface area contributed by atoms with E-state index in [0.29, 0.717) is 5.15 Å². The van der Waals surface area contributed by atoms with Crippen LogP contribution in [0.2, 0.25) is 5.15 Å². The van der Waals surface area contributed by atoms with E-state index in [1.165, 1.54) is 0 Å². The molecule has 0 N–H and O–H groups in total. The van der Waals surface area contributed by atoms with Crippen molar-refractivity contribution < 1.29 is 4.74 Å². The first-order valence-electron chi connectivity index (χ1n) is 6.97. The Kier molecular flexibility index (Phi) is 3.80. The fourth-order valence-corrected chi connectivity index (χ4v) is 2.65. The van der Waals surface area contributed by atoms with E-state index < -0.39 is 0 Å². The highest BCUT2D eigenvalue weighted by molar-refractivity contribution is 6.33. The van der Waals surface area contributed by atoms with E-state index in [-0.39, 0.29) is 6.10 Å². The van der Waals surface area contributed by atoms with Gasteiger partial charge in [0, 0.05) is 5.39 Å². The third-order valence-corrected chi connectivity index (χ3v) is 3.49. The van der Waals surface area contributed by atoms with Gasteiger partial charge in [0.1, 0.15) is 10.9 Å². The molecule has 0 bridgehead atoms. The standard InChI is InChI=1S/C18H16ClNO/c1-12(2)21-17-14-10-6-7-11-15(14)20-18(19)16(17)13-8-4-3-5-9-13/h3-12H,1-2H3. The number of halogens is 1. The first-order valence-corrected chi connectivity index (χ1v) is 7.35. The molecule has 3 heteroatoms. The van der Waals surface area contributed by atoms with Crippen LogP contribution in [-0.4, -0.2) is 11.1 Å². The molecule has 0 aliphatic carbocycles. The van der Waals surface area contributed by atoms with E-state index in [1.54, 1.807) is 0 Å². The number of nitrogens with zero attached hydrogens (tertiary/aromatic N) is 1. The fraction of sp³-hybridized carbons (Fsp3) is 0.167. The van der Waals surface area contributed by atoms with Gasteiger partial charge in [0.25, 0.3) is 0 Å². The van der Waals surface area contributed by atoms with Gasteiger partial charge in [0.05, 0.1) is 17.2 Å². The van der Waals surface area contributed by atoms with Gasteiger partial charge in [-0.1, -0.05) is 54.1 Å². The minimum absolute atomic E-state index is 0.0642. The summed E-state index contributed by atoms with van der Waals surface area (Å²) < 4.78 is 6.07. The number of pyridine rings is 1. The molecule has 0 unspecified atom stereocenters.